The van der Waals surface area contributed by atoms with Gasteiger partial charge in [-0.25, -0.2) is 0 Å². The second-order valence-electron chi connectivity index (χ2n) is 3.66. The van der Waals surface area contributed by atoms with Crippen LogP contribution in [0.2, 0.25) is 0 Å². The van der Waals surface area contributed by atoms with Crippen LogP contribution >= 0.6 is 0 Å². The van der Waals surface area contributed by atoms with Crippen LogP contribution in [0.25, 0.3) is 0 Å². The van der Waals surface area contributed by atoms with Crippen LogP contribution in [0.1, 0.15) is 38.3 Å². The summed E-state index contributed by atoms with van der Waals surface area (Å²) in [5.41, 5.74) is 6.64. The number of aromatic amines is 1. The van der Waals surface area contributed by atoms with E-state index in [2.05, 4.69) is 15.5 Å². The minimum atomic E-state index is -0.413. The molecular formula is C10H18N4O. The number of rotatable bonds is 5. The monoisotopic (exact) mass is 210 g/mol. The maximum absolute atomic E-state index is 11.6. The maximum Gasteiger partial charge on any atom is 0.237 e. The van der Waals surface area contributed by atoms with E-state index in [1.165, 1.54) is 0 Å². The van der Waals surface area contributed by atoms with Crippen molar-refractivity contribution in [2.45, 2.75) is 38.8 Å². The summed E-state index contributed by atoms with van der Waals surface area (Å²) in [5, 5.41) is 9.37. The van der Waals surface area contributed by atoms with Gasteiger partial charge in [-0.2, -0.15) is 5.10 Å². The Bertz CT molecular complexity index is 296. The van der Waals surface area contributed by atoms with E-state index in [1.54, 1.807) is 12.4 Å². The molecule has 1 unspecified atom stereocenters. The number of nitrogens with zero attached hydrogens (tertiary/aromatic N) is 1. The van der Waals surface area contributed by atoms with Crippen molar-refractivity contribution in [3.63, 3.8) is 0 Å². The zero-order valence-corrected chi connectivity index (χ0v) is 9.16. The van der Waals surface area contributed by atoms with Crippen LogP contribution in [0.3, 0.4) is 0 Å². The highest BCUT2D eigenvalue weighted by molar-refractivity contribution is 5.81. The Morgan fingerprint density at radius 2 is 2.47 bits per heavy atom. The van der Waals surface area contributed by atoms with E-state index in [9.17, 15) is 4.79 Å². The summed E-state index contributed by atoms with van der Waals surface area (Å²) in [7, 11) is 0. The molecule has 0 aliphatic rings. The van der Waals surface area contributed by atoms with Crippen molar-refractivity contribution in [2.75, 3.05) is 0 Å². The third kappa shape index (κ3) is 3.36. The summed E-state index contributed by atoms with van der Waals surface area (Å²) >= 11 is 0. The Morgan fingerprint density at radius 1 is 1.73 bits per heavy atom. The molecule has 5 nitrogen and oxygen atoms in total. The average molecular weight is 210 g/mol. The van der Waals surface area contributed by atoms with Gasteiger partial charge in [0.2, 0.25) is 5.91 Å². The van der Waals surface area contributed by atoms with E-state index >= 15 is 0 Å². The van der Waals surface area contributed by atoms with Crippen molar-refractivity contribution < 1.29 is 4.79 Å². The lowest BCUT2D eigenvalue weighted by atomic mass is 10.1. The molecule has 1 amide bonds. The molecule has 0 fully saturated rings. The van der Waals surface area contributed by atoms with Gasteiger partial charge in [0, 0.05) is 11.8 Å². The van der Waals surface area contributed by atoms with Crippen LogP contribution in [-0.2, 0) is 4.79 Å². The van der Waals surface area contributed by atoms with Gasteiger partial charge in [-0.1, -0.05) is 13.3 Å². The summed E-state index contributed by atoms with van der Waals surface area (Å²) in [6.07, 6.45) is 5.07. The minimum absolute atomic E-state index is 0.0563. The van der Waals surface area contributed by atoms with E-state index in [-0.39, 0.29) is 11.9 Å². The van der Waals surface area contributed by atoms with Crippen molar-refractivity contribution in [2.24, 2.45) is 5.73 Å². The lowest BCUT2D eigenvalue weighted by molar-refractivity contribution is -0.123. The molecule has 84 valence electrons. The first-order valence-corrected chi connectivity index (χ1v) is 5.19. The van der Waals surface area contributed by atoms with Crippen LogP contribution in [-0.4, -0.2) is 22.1 Å². The zero-order valence-electron chi connectivity index (χ0n) is 9.16. The first-order chi connectivity index (χ1) is 7.15. The fraction of sp³-hybridized carbons (Fsp3) is 0.600. The van der Waals surface area contributed by atoms with E-state index < -0.39 is 6.04 Å². The number of amides is 1. The number of carbonyl (C=O) groups is 1. The van der Waals surface area contributed by atoms with Gasteiger partial charge >= 0.3 is 0 Å². The van der Waals surface area contributed by atoms with Crippen LogP contribution in [0.5, 0.6) is 0 Å². The third-order valence-electron chi connectivity index (χ3n) is 2.31. The highest BCUT2D eigenvalue weighted by Gasteiger charge is 2.15. The van der Waals surface area contributed by atoms with Gasteiger partial charge < -0.3 is 11.1 Å². The topological polar surface area (TPSA) is 83.8 Å². The molecule has 0 bridgehead atoms. The van der Waals surface area contributed by atoms with Gasteiger partial charge in [0.05, 0.1) is 18.3 Å². The maximum atomic E-state index is 11.6. The van der Waals surface area contributed by atoms with Crippen molar-refractivity contribution in [3.05, 3.63) is 18.0 Å². The summed E-state index contributed by atoms with van der Waals surface area (Å²) in [6.45, 7) is 3.91. The highest BCUT2D eigenvalue weighted by atomic mass is 16.2. The van der Waals surface area contributed by atoms with Crippen molar-refractivity contribution in [1.82, 2.24) is 15.5 Å². The Hall–Kier alpha value is -1.36. The molecule has 4 N–H and O–H groups in total. The number of aromatic nitrogens is 2. The molecule has 0 spiro atoms. The fourth-order valence-corrected chi connectivity index (χ4v) is 1.34. The Morgan fingerprint density at radius 3 is 3.00 bits per heavy atom. The van der Waals surface area contributed by atoms with E-state index in [0.717, 1.165) is 12.0 Å². The number of hydrogen-bond donors (Lipinski definition) is 3. The normalized spacial score (nSPS) is 14.6. The zero-order chi connectivity index (χ0) is 11.3. The van der Waals surface area contributed by atoms with Crippen LogP contribution in [0.4, 0.5) is 0 Å². The van der Waals surface area contributed by atoms with Gasteiger partial charge in [0.25, 0.3) is 0 Å². The molecule has 1 heterocycles. The van der Waals surface area contributed by atoms with Gasteiger partial charge in [0.1, 0.15) is 0 Å². The first-order valence-electron chi connectivity index (χ1n) is 5.19. The predicted molar refractivity (Wildman–Crippen MR) is 58.0 cm³/mol. The van der Waals surface area contributed by atoms with Crippen molar-refractivity contribution >= 4 is 5.91 Å². The van der Waals surface area contributed by atoms with Crippen molar-refractivity contribution in [1.29, 1.82) is 0 Å². The lowest BCUT2D eigenvalue weighted by Crippen LogP contribution is -2.41. The van der Waals surface area contributed by atoms with Gasteiger partial charge in [-0.05, 0) is 13.3 Å². The first kappa shape index (κ1) is 11.7. The molecule has 0 saturated carbocycles. The molecular weight excluding hydrogens is 192 g/mol. The van der Waals surface area contributed by atoms with Crippen molar-refractivity contribution in [3.8, 4) is 0 Å². The average Bonchev–Trinajstić information content (AvgIpc) is 2.70. The molecule has 2 atom stereocenters. The molecule has 0 aliphatic carbocycles. The van der Waals surface area contributed by atoms with Gasteiger partial charge in [0.15, 0.2) is 0 Å². The van der Waals surface area contributed by atoms with E-state index in [0.29, 0.717) is 6.42 Å². The summed E-state index contributed by atoms with van der Waals surface area (Å²) in [5.74, 6) is -0.106. The largest absolute Gasteiger partial charge is 0.348 e. The smallest absolute Gasteiger partial charge is 0.237 e. The number of hydrogen-bond acceptors (Lipinski definition) is 3. The highest BCUT2D eigenvalue weighted by Crippen LogP contribution is 2.09. The van der Waals surface area contributed by atoms with Crippen LogP contribution in [0.15, 0.2) is 12.4 Å². The van der Waals surface area contributed by atoms with Gasteiger partial charge in [-0.15, -0.1) is 0 Å². The van der Waals surface area contributed by atoms with Gasteiger partial charge in [-0.3, -0.25) is 9.89 Å². The molecule has 1 aromatic rings. The molecule has 0 aromatic carbocycles. The minimum Gasteiger partial charge on any atom is -0.348 e. The molecule has 0 radical (unpaired) electrons. The number of H-pyrrole nitrogens is 1. The third-order valence-corrected chi connectivity index (χ3v) is 2.31. The van der Waals surface area contributed by atoms with Crippen LogP contribution < -0.4 is 11.1 Å². The standard InChI is InChI=1S/C10H18N4O/c1-3-4-9(11)10(15)14-7(2)8-5-12-13-6-8/h5-7,9H,3-4,11H2,1-2H3,(H,12,13)(H,14,15)/t7?,9-/m0/s1. The van der Waals surface area contributed by atoms with Crippen LogP contribution in [0, 0.1) is 0 Å². The molecule has 1 rings (SSSR count). The number of carbonyl (C=O) groups excluding carboxylic acids is 1. The fourth-order valence-electron chi connectivity index (χ4n) is 1.34. The van der Waals surface area contributed by atoms with E-state index in [4.69, 9.17) is 5.73 Å². The molecule has 0 aliphatic heterocycles. The second kappa shape index (κ2) is 5.50. The Balaban J connectivity index is 2.44. The summed E-state index contributed by atoms with van der Waals surface area (Å²) < 4.78 is 0. The number of nitrogens with one attached hydrogen (secondary N) is 2. The summed E-state index contributed by atoms with van der Waals surface area (Å²) in [4.78, 5) is 11.6. The molecule has 0 saturated heterocycles. The lowest BCUT2D eigenvalue weighted by Gasteiger charge is -2.15. The Kier molecular flexibility index (Phi) is 4.30. The predicted octanol–water partition coefficient (Wildman–Crippen LogP) is 0.714. The molecule has 1 aromatic heterocycles. The summed E-state index contributed by atoms with van der Waals surface area (Å²) in [6, 6.07) is -0.469. The molecule has 15 heavy (non-hydrogen) atoms. The number of nitrogens with two attached hydrogens (primary N) is 1. The van der Waals surface area contributed by atoms with E-state index in [1.807, 2.05) is 13.8 Å². The second-order valence-corrected chi connectivity index (χ2v) is 3.66. The SMILES string of the molecule is CCC[C@H](N)C(=O)NC(C)c1cn[nH]c1. The Labute approximate surface area is 89.4 Å². The molecule has 5 heteroatoms. The quantitative estimate of drug-likeness (QED) is 0.669.